The molecule has 0 fully saturated rings. The number of rotatable bonds is 2. The number of pyridine rings is 1. The van der Waals surface area contributed by atoms with Crippen LogP contribution in [0.5, 0.6) is 0 Å². The summed E-state index contributed by atoms with van der Waals surface area (Å²) in [6.45, 7) is 0. The van der Waals surface area contributed by atoms with Crippen molar-refractivity contribution in [2.45, 2.75) is 0 Å². The summed E-state index contributed by atoms with van der Waals surface area (Å²) < 4.78 is 15.0. The van der Waals surface area contributed by atoms with E-state index >= 15 is 0 Å². The molecule has 0 atom stereocenters. The number of carbonyl (C=O) groups excluding carboxylic acids is 1. The minimum Gasteiger partial charge on any atom is -0.288 e. The highest BCUT2D eigenvalue weighted by Gasteiger charge is 2.16. The molecular formula is C12H6BrFINO. The highest BCUT2D eigenvalue weighted by atomic mass is 127. The number of hydrogen-bond donors (Lipinski definition) is 0. The second kappa shape index (κ2) is 5.22. The molecule has 0 aliphatic carbocycles. The summed E-state index contributed by atoms with van der Waals surface area (Å²) in [7, 11) is 0. The van der Waals surface area contributed by atoms with Crippen molar-refractivity contribution < 1.29 is 9.18 Å². The molecule has 0 N–H and O–H groups in total. The second-order valence-electron chi connectivity index (χ2n) is 3.31. The standard InChI is InChI=1S/C12H6BrFINO/c13-7-1-2-11(15)9(5-7)12(17)8-3-4-16-6-10(8)14/h1-6H. The molecule has 0 saturated heterocycles. The van der Waals surface area contributed by atoms with Crippen molar-refractivity contribution >= 4 is 44.3 Å². The summed E-state index contributed by atoms with van der Waals surface area (Å²) in [5, 5.41) is 0. The summed E-state index contributed by atoms with van der Waals surface area (Å²) in [6.07, 6.45) is 2.44. The molecule has 2 nitrogen and oxygen atoms in total. The normalized spacial score (nSPS) is 10.3. The van der Waals surface area contributed by atoms with Gasteiger partial charge < -0.3 is 0 Å². The van der Waals surface area contributed by atoms with Gasteiger partial charge >= 0.3 is 0 Å². The van der Waals surface area contributed by atoms with Crippen LogP contribution in [0.25, 0.3) is 0 Å². The van der Waals surface area contributed by atoms with Crippen LogP contribution in [0.15, 0.2) is 41.1 Å². The third-order valence-electron chi connectivity index (χ3n) is 2.19. The Morgan fingerprint density at radius 3 is 2.76 bits per heavy atom. The van der Waals surface area contributed by atoms with Crippen molar-refractivity contribution in [3.8, 4) is 0 Å². The van der Waals surface area contributed by atoms with E-state index in [9.17, 15) is 9.18 Å². The molecule has 0 bridgehead atoms. The van der Waals surface area contributed by atoms with Crippen LogP contribution >= 0.6 is 38.5 Å². The van der Waals surface area contributed by atoms with Crippen molar-refractivity contribution in [1.82, 2.24) is 4.98 Å². The summed E-state index contributed by atoms with van der Waals surface area (Å²) >= 11 is 5.35. The first-order valence-corrected chi connectivity index (χ1v) is 6.56. The van der Waals surface area contributed by atoms with E-state index in [4.69, 9.17) is 0 Å². The molecule has 0 saturated carbocycles. The number of carbonyl (C=O) groups is 1. The van der Waals surface area contributed by atoms with Gasteiger partial charge in [0.1, 0.15) is 0 Å². The minimum atomic E-state index is -0.603. The van der Waals surface area contributed by atoms with Crippen molar-refractivity contribution in [2.75, 3.05) is 0 Å². The van der Waals surface area contributed by atoms with E-state index in [0.717, 1.165) is 14.2 Å². The molecule has 5 heteroatoms. The Morgan fingerprint density at radius 1 is 1.29 bits per heavy atom. The molecule has 2 aromatic rings. The van der Waals surface area contributed by atoms with E-state index in [1.54, 1.807) is 12.1 Å². The first-order chi connectivity index (χ1) is 8.09. The molecule has 0 amide bonds. The van der Waals surface area contributed by atoms with Gasteiger partial charge in [-0.1, -0.05) is 15.9 Å². The predicted molar refractivity (Wildman–Crippen MR) is 74.5 cm³/mol. The highest BCUT2D eigenvalue weighted by Crippen LogP contribution is 2.22. The molecule has 1 aromatic heterocycles. The lowest BCUT2D eigenvalue weighted by molar-refractivity contribution is 0.103. The van der Waals surface area contributed by atoms with E-state index in [1.807, 2.05) is 6.07 Å². The van der Waals surface area contributed by atoms with Gasteiger partial charge in [0.25, 0.3) is 0 Å². The fourth-order valence-corrected chi connectivity index (χ4v) is 2.32. The zero-order chi connectivity index (χ0) is 12.4. The second-order valence-corrected chi connectivity index (χ2v) is 5.39. The van der Waals surface area contributed by atoms with Gasteiger partial charge in [-0.15, -0.1) is 0 Å². The molecule has 1 heterocycles. The molecule has 0 radical (unpaired) electrons. The fraction of sp³-hybridized carbons (Fsp3) is 0. The number of nitrogens with zero attached hydrogens (tertiary/aromatic N) is 1. The summed E-state index contributed by atoms with van der Waals surface area (Å²) in [5.74, 6) is -0.941. The van der Waals surface area contributed by atoms with Gasteiger partial charge in [0.2, 0.25) is 0 Å². The van der Waals surface area contributed by atoms with E-state index in [0.29, 0.717) is 5.56 Å². The van der Waals surface area contributed by atoms with E-state index in [2.05, 4.69) is 43.5 Å². The Bertz CT molecular complexity index is 588. The first kappa shape index (κ1) is 12.6. The van der Waals surface area contributed by atoms with Gasteiger partial charge in [0, 0.05) is 19.8 Å². The van der Waals surface area contributed by atoms with Crippen molar-refractivity contribution in [3.63, 3.8) is 0 Å². The fourth-order valence-electron chi connectivity index (χ4n) is 1.38. The molecule has 17 heavy (non-hydrogen) atoms. The van der Waals surface area contributed by atoms with Gasteiger partial charge in [-0.05, 0) is 46.9 Å². The lowest BCUT2D eigenvalue weighted by Gasteiger charge is -2.05. The minimum absolute atomic E-state index is 0.0380. The Labute approximate surface area is 120 Å². The molecule has 0 spiro atoms. The average Bonchev–Trinajstić information content (AvgIpc) is 2.32. The van der Waals surface area contributed by atoms with Crippen LogP contribution in [0.3, 0.4) is 0 Å². The Hall–Kier alpha value is -0.820. The van der Waals surface area contributed by atoms with E-state index in [-0.39, 0.29) is 11.3 Å². The van der Waals surface area contributed by atoms with Crippen LogP contribution in [-0.4, -0.2) is 10.8 Å². The third-order valence-corrected chi connectivity index (χ3v) is 3.62. The van der Waals surface area contributed by atoms with Crippen molar-refractivity contribution in [2.24, 2.45) is 0 Å². The van der Waals surface area contributed by atoms with Gasteiger partial charge in [-0.2, -0.15) is 0 Å². The quantitative estimate of drug-likeness (QED) is 0.561. The number of aromatic nitrogens is 1. The maximum absolute atomic E-state index is 13.5. The number of halogens is 3. The van der Waals surface area contributed by atoms with Gasteiger partial charge in [-0.25, -0.2) is 4.39 Å². The van der Waals surface area contributed by atoms with E-state index in [1.165, 1.54) is 12.3 Å². The Morgan fingerprint density at radius 2 is 2.06 bits per heavy atom. The average molecular weight is 406 g/mol. The lowest BCUT2D eigenvalue weighted by Crippen LogP contribution is -2.06. The van der Waals surface area contributed by atoms with Crippen LogP contribution in [-0.2, 0) is 0 Å². The monoisotopic (exact) mass is 405 g/mol. The van der Waals surface area contributed by atoms with Crippen molar-refractivity contribution in [1.29, 1.82) is 0 Å². The Kier molecular flexibility index (Phi) is 3.88. The first-order valence-electron chi connectivity index (χ1n) is 4.69. The maximum Gasteiger partial charge on any atom is 0.197 e. The van der Waals surface area contributed by atoms with Gasteiger partial charge in [0.05, 0.1) is 11.8 Å². The molecular weight excluding hydrogens is 400 g/mol. The third kappa shape index (κ3) is 2.71. The maximum atomic E-state index is 13.5. The van der Waals surface area contributed by atoms with Crippen LogP contribution in [0, 0.1) is 9.39 Å². The number of ketones is 1. The van der Waals surface area contributed by atoms with Crippen LogP contribution in [0.4, 0.5) is 4.39 Å². The molecule has 0 aliphatic rings. The zero-order valence-electron chi connectivity index (χ0n) is 8.45. The number of hydrogen-bond acceptors (Lipinski definition) is 2. The largest absolute Gasteiger partial charge is 0.288 e. The highest BCUT2D eigenvalue weighted by molar-refractivity contribution is 14.1. The van der Waals surface area contributed by atoms with Gasteiger partial charge in [0.15, 0.2) is 11.6 Å². The lowest BCUT2D eigenvalue weighted by atomic mass is 10.0. The van der Waals surface area contributed by atoms with Crippen LogP contribution in [0.1, 0.15) is 15.9 Å². The molecule has 1 aromatic carbocycles. The van der Waals surface area contributed by atoms with Crippen molar-refractivity contribution in [3.05, 3.63) is 61.6 Å². The molecule has 2 rings (SSSR count). The Balaban J connectivity index is 2.51. The van der Waals surface area contributed by atoms with E-state index < -0.39 is 5.82 Å². The topological polar surface area (TPSA) is 30.0 Å². The SMILES string of the molecule is O=C(c1ccncc1F)c1cc(Br)ccc1I. The van der Waals surface area contributed by atoms with Gasteiger partial charge in [-0.3, -0.25) is 9.78 Å². The predicted octanol–water partition coefficient (Wildman–Crippen LogP) is 3.82. The van der Waals surface area contributed by atoms with Crippen LogP contribution < -0.4 is 0 Å². The van der Waals surface area contributed by atoms with Crippen LogP contribution in [0.2, 0.25) is 0 Å². The molecule has 0 aliphatic heterocycles. The smallest absolute Gasteiger partial charge is 0.197 e. The summed E-state index contributed by atoms with van der Waals surface area (Å²) in [5.41, 5.74) is 0.515. The molecule has 0 unspecified atom stereocenters. The summed E-state index contributed by atoms with van der Waals surface area (Å²) in [4.78, 5) is 15.8. The zero-order valence-corrected chi connectivity index (χ0v) is 12.2. The summed E-state index contributed by atoms with van der Waals surface area (Å²) in [6, 6.07) is 6.71. The molecule has 86 valence electrons. The number of benzene rings is 1.